The molecule has 0 unspecified atom stereocenters. The van der Waals surface area contributed by atoms with E-state index in [1.807, 2.05) is 0 Å². The van der Waals surface area contributed by atoms with E-state index >= 15 is 0 Å². The van der Waals surface area contributed by atoms with Gasteiger partial charge in [0.05, 0.1) is 56.8 Å². The van der Waals surface area contributed by atoms with E-state index in [-0.39, 0.29) is 5.41 Å². The first-order chi connectivity index (χ1) is 19.6. The molecule has 0 amide bonds. The van der Waals surface area contributed by atoms with Gasteiger partial charge in [-0.3, -0.25) is 0 Å². The van der Waals surface area contributed by atoms with E-state index in [4.69, 9.17) is 9.47 Å². The normalized spacial score (nSPS) is 12.4. The predicted molar refractivity (Wildman–Crippen MR) is 204 cm³/mol. The van der Waals surface area contributed by atoms with Crippen LogP contribution in [0.1, 0.15) is 44.7 Å². The fraction of sp³-hybridized carbons (Fsp3) is 0.455. The van der Waals surface area contributed by atoms with Crippen LogP contribution < -0.4 is 25.0 Å². The summed E-state index contributed by atoms with van der Waals surface area (Å²) in [7, 11) is -2.51. The second-order valence-corrected chi connectivity index (χ2v) is 26.1. The summed E-state index contributed by atoms with van der Waals surface area (Å²) in [5, 5.41) is 4.79. The van der Waals surface area contributed by atoms with Gasteiger partial charge in [0, 0.05) is 5.41 Å². The highest BCUT2D eigenvalue weighted by Crippen LogP contribution is 2.44. The molecule has 0 heterocycles. The Kier molecular flexibility index (Phi) is 13.3. The fourth-order valence-corrected chi connectivity index (χ4v) is 12.4. The standard InChI is InChI=1S/C33H44Br4O2Si3/c1-10-12-38-31-27(34)15-22(16-28(31)35)33(2,3)23-17-29(36)32(30(37)18-23)39-13-11-14-42(8,9)26-20-24(40(4)5)19-25(21-26)41(6)7/h15-21H,10-14H2,1-9H3. The largest absolute Gasteiger partial charge is 0.491 e. The van der Waals surface area contributed by atoms with Gasteiger partial charge >= 0.3 is 0 Å². The van der Waals surface area contributed by atoms with Crippen LogP contribution in [0.4, 0.5) is 0 Å². The Labute approximate surface area is 292 Å². The van der Waals surface area contributed by atoms with Crippen LogP contribution in [0.25, 0.3) is 0 Å². The molecule has 0 saturated heterocycles. The summed E-state index contributed by atoms with van der Waals surface area (Å²) >= 11 is 15.1. The predicted octanol–water partition coefficient (Wildman–Crippen LogP) is 10.2. The molecule has 2 nitrogen and oxygen atoms in total. The number of halogens is 4. The van der Waals surface area contributed by atoms with Crippen molar-refractivity contribution in [3.63, 3.8) is 0 Å². The molecule has 228 valence electrons. The smallest absolute Gasteiger partial charge is 0.147 e. The van der Waals surface area contributed by atoms with Crippen molar-refractivity contribution in [2.24, 2.45) is 0 Å². The van der Waals surface area contributed by atoms with E-state index < -0.39 is 25.7 Å². The number of rotatable bonds is 13. The lowest BCUT2D eigenvalue weighted by molar-refractivity contribution is 0.312. The van der Waals surface area contributed by atoms with Gasteiger partial charge in [-0.15, -0.1) is 0 Å². The molecular weight excluding hydrogens is 832 g/mol. The summed E-state index contributed by atoms with van der Waals surface area (Å²) in [5.41, 5.74) is 2.15. The molecule has 0 bridgehead atoms. The Balaban J connectivity index is 1.73. The third kappa shape index (κ3) is 8.97. The minimum Gasteiger partial charge on any atom is -0.491 e. The first-order valence-electron chi connectivity index (χ1n) is 14.6. The maximum absolute atomic E-state index is 6.39. The number of ether oxygens (including phenoxy) is 2. The van der Waals surface area contributed by atoms with Gasteiger partial charge in [0.25, 0.3) is 0 Å². The fourth-order valence-electron chi connectivity index (χ4n) is 4.92. The number of hydrogen-bond donors (Lipinski definition) is 0. The highest BCUT2D eigenvalue weighted by molar-refractivity contribution is 9.11. The Morgan fingerprint density at radius 1 is 0.667 bits per heavy atom. The van der Waals surface area contributed by atoms with E-state index in [2.05, 4.69) is 166 Å². The van der Waals surface area contributed by atoms with Gasteiger partial charge < -0.3 is 9.47 Å². The third-order valence-electron chi connectivity index (χ3n) is 7.95. The van der Waals surface area contributed by atoms with Crippen molar-refractivity contribution in [3.8, 4) is 11.5 Å². The molecule has 0 saturated carbocycles. The molecule has 0 aromatic heterocycles. The SMILES string of the molecule is CCCOc1c(Br)cc(C(C)(C)c2cc(Br)c(OCCC[Si](C)(C)c3cc([Si](C)C)cc([Si](C)C)c3)c(Br)c2)cc1Br. The molecule has 2 radical (unpaired) electrons. The van der Waals surface area contributed by atoms with Crippen LogP contribution in [0.5, 0.6) is 11.5 Å². The van der Waals surface area contributed by atoms with E-state index in [1.165, 1.54) is 17.2 Å². The average Bonchev–Trinajstić information content (AvgIpc) is 2.91. The van der Waals surface area contributed by atoms with E-state index in [9.17, 15) is 0 Å². The van der Waals surface area contributed by atoms with Crippen molar-refractivity contribution in [1.82, 2.24) is 0 Å². The van der Waals surface area contributed by atoms with Crippen LogP contribution in [0.2, 0.25) is 45.3 Å². The molecule has 0 aliphatic carbocycles. The minimum atomic E-state index is -1.58. The first-order valence-corrected chi connectivity index (χ1v) is 26.0. The summed E-state index contributed by atoms with van der Waals surface area (Å²) < 4.78 is 16.2. The summed E-state index contributed by atoms with van der Waals surface area (Å²) in [4.78, 5) is 0. The monoisotopic (exact) mass is 872 g/mol. The molecule has 3 aromatic carbocycles. The Morgan fingerprint density at radius 2 is 1.07 bits per heavy atom. The lowest BCUT2D eigenvalue weighted by Crippen LogP contribution is -2.47. The van der Waals surface area contributed by atoms with Gasteiger partial charge in [0.2, 0.25) is 0 Å². The summed E-state index contributed by atoms with van der Waals surface area (Å²) in [6, 6.07) is 17.5. The zero-order valence-corrected chi connectivity index (χ0v) is 35.7. The Morgan fingerprint density at radius 3 is 1.45 bits per heavy atom. The van der Waals surface area contributed by atoms with Crippen molar-refractivity contribution >= 4 is 105 Å². The molecule has 3 aromatic rings. The van der Waals surface area contributed by atoms with Crippen molar-refractivity contribution in [2.75, 3.05) is 13.2 Å². The molecule has 9 heteroatoms. The second kappa shape index (κ2) is 15.4. The molecule has 42 heavy (non-hydrogen) atoms. The average molecular weight is 877 g/mol. The van der Waals surface area contributed by atoms with Crippen LogP contribution in [0, 0.1) is 0 Å². The summed E-state index contributed by atoms with van der Waals surface area (Å²) in [6.07, 6.45) is 2.01. The molecule has 0 aliphatic heterocycles. The zero-order valence-electron chi connectivity index (χ0n) is 26.4. The zero-order chi connectivity index (χ0) is 31.4. The van der Waals surface area contributed by atoms with Crippen molar-refractivity contribution in [1.29, 1.82) is 0 Å². The Bertz CT molecular complexity index is 1320. The van der Waals surface area contributed by atoms with Gasteiger partial charge in [-0.1, -0.05) is 99.9 Å². The summed E-state index contributed by atoms with van der Waals surface area (Å²) in [5.74, 6) is 1.72. The maximum Gasteiger partial charge on any atom is 0.147 e. The van der Waals surface area contributed by atoms with Gasteiger partial charge in [0.15, 0.2) is 0 Å². The quantitative estimate of drug-likeness (QED) is 0.126. The first kappa shape index (κ1) is 36.3. The number of hydrogen-bond acceptors (Lipinski definition) is 2. The van der Waals surface area contributed by atoms with E-state index in [0.29, 0.717) is 13.2 Å². The Hall–Kier alpha value is -0.169. The topological polar surface area (TPSA) is 18.5 Å². The van der Waals surface area contributed by atoms with Gasteiger partial charge in [-0.05, 0) is 112 Å². The van der Waals surface area contributed by atoms with Crippen LogP contribution in [0.3, 0.4) is 0 Å². The van der Waals surface area contributed by atoms with Crippen molar-refractivity contribution < 1.29 is 9.47 Å². The van der Waals surface area contributed by atoms with Crippen LogP contribution in [0.15, 0.2) is 60.4 Å². The van der Waals surface area contributed by atoms with E-state index in [1.54, 1.807) is 15.6 Å². The lowest BCUT2D eigenvalue weighted by atomic mass is 9.78. The van der Waals surface area contributed by atoms with Gasteiger partial charge in [-0.2, -0.15) is 0 Å². The second-order valence-electron chi connectivity index (χ2n) is 12.6. The summed E-state index contributed by atoms with van der Waals surface area (Å²) in [6.45, 7) is 22.7. The molecule has 0 N–H and O–H groups in total. The maximum atomic E-state index is 6.39. The van der Waals surface area contributed by atoms with Crippen molar-refractivity contribution in [2.45, 2.75) is 84.4 Å². The van der Waals surface area contributed by atoms with Gasteiger partial charge in [-0.25, -0.2) is 0 Å². The molecule has 0 fully saturated rings. The molecule has 0 aliphatic rings. The molecule has 0 spiro atoms. The molecule has 3 rings (SSSR count). The number of benzene rings is 3. The molecule has 0 atom stereocenters. The van der Waals surface area contributed by atoms with Crippen LogP contribution in [-0.4, -0.2) is 38.9 Å². The lowest BCUT2D eigenvalue weighted by Gasteiger charge is -2.28. The third-order valence-corrected chi connectivity index (χ3v) is 16.7. The van der Waals surface area contributed by atoms with Crippen LogP contribution >= 0.6 is 63.7 Å². The highest BCUT2D eigenvalue weighted by atomic mass is 79.9. The highest BCUT2D eigenvalue weighted by Gasteiger charge is 2.28. The molecular formula is C33H44Br4O2Si3. The van der Waals surface area contributed by atoms with Crippen molar-refractivity contribution in [3.05, 3.63) is 71.5 Å². The van der Waals surface area contributed by atoms with E-state index in [0.717, 1.165) is 42.2 Å². The van der Waals surface area contributed by atoms with Crippen LogP contribution in [-0.2, 0) is 5.41 Å². The minimum absolute atomic E-state index is 0.239. The van der Waals surface area contributed by atoms with Gasteiger partial charge in [0.1, 0.15) is 11.5 Å².